The molecular formula is C18H21N5O. The third-order valence-electron chi connectivity index (χ3n) is 4.90. The number of aromatic nitrogens is 3. The van der Waals surface area contributed by atoms with Gasteiger partial charge in [0.05, 0.1) is 18.2 Å². The summed E-state index contributed by atoms with van der Waals surface area (Å²) in [6.07, 6.45) is 8.56. The third-order valence-corrected chi connectivity index (χ3v) is 4.90. The predicted molar refractivity (Wildman–Crippen MR) is 95.8 cm³/mol. The SMILES string of the molecule is COc1cc(-c2cn(C3CCCC3)c3ncnc(N)c23)ccc1N. The number of anilines is 2. The second kappa shape index (κ2) is 5.70. The predicted octanol–water partition coefficient (Wildman–Crippen LogP) is 3.39. The lowest BCUT2D eigenvalue weighted by atomic mass is 10.1. The first-order chi connectivity index (χ1) is 11.7. The molecule has 0 spiro atoms. The van der Waals surface area contributed by atoms with E-state index in [0.29, 0.717) is 23.3 Å². The molecule has 2 heterocycles. The molecule has 3 aromatic rings. The number of nitrogens with zero attached hydrogens (tertiary/aromatic N) is 3. The summed E-state index contributed by atoms with van der Waals surface area (Å²) in [4.78, 5) is 8.70. The van der Waals surface area contributed by atoms with E-state index >= 15 is 0 Å². The monoisotopic (exact) mass is 323 g/mol. The molecule has 0 bridgehead atoms. The minimum atomic E-state index is 0.478. The summed E-state index contributed by atoms with van der Waals surface area (Å²) >= 11 is 0. The highest BCUT2D eigenvalue weighted by Gasteiger charge is 2.23. The summed E-state index contributed by atoms with van der Waals surface area (Å²) in [5, 5.41) is 0.899. The zero-order valence-electron chi connectivity index (χ0n) is 13.7. The van der Waals surface area contributed by atoms with Crippen LogP contribution in [0.2, 0.25) is 0 Å². The number of nitrogen functional groups attached to an aromatic ring is 2. The molecule has 124 valence electrons. The smallest absolute Gasteiger partial charge is 0.146 e. The van der Waals surface area contributed by atoms with Crippen LogP contribution in [-0.4, -0.2) is 21.6 Å². The average Bonchev–Trinajstić information content (AvgIpc) is 3.23. The lowest BCUT2D eigenvalue weighted by Crippen LogP contribution is -2.04. The molecule has 0 saturated heterocycles. The molecule has 2 aromatic heterocycles. The molecule has 0 unspecified atom stereocenters. The molecule has 6 nitrogen and oxygen atoms in total. The van der Waals surface area contributed by atoms with Gasteiger partial charge in [-0.25, -0.2) is 9.97 Å². The van der Waals surface area contributed by atoms with Gasteiger partial charge in [0.1, 0.15) is 23.5 Å². The van der Waals surface area contributed by atoms with Gasteiger partial charge in [0.25, 0.3) is 0 Å². The van der Waals surface area contributed by atoms with Crippen LogP contribution in [0.1, 0.15) is 31.7 Å². The molecule has 1 fully saturated rings. The summed E-state index contributed by atoms with van der Waals surface area (Å²) in [7, 11) is 1.62. The molecule has 0 aliphatic heterocycles. The first-order valence-electron chi connectivity index (χ1n) is 8.24. The van der Waals surface area contributed by atoms with Crippen LogP contribution in [-0.2, 0) is 0 Å². The third kappa shape index (κ3) is 2.26. The van der Waals surface area contributed by atoms with Crippen molar-refractivity contribution in [2.75, 3.05) is 18.6 Å². The van der Waals surface area contributed by atoms with E-state index in [1.165, 1.54) is 32.0 Å². The van der Waals surface area contributed by atoms with Crippen molar-refractivity contribution in [3.05, 3.63) is 30.7 Å². The minimum absolute atomic E-state index is 0.478. The van der Waals surface area contributed by atoms with Crippen molar-refractivity contribution >= 4 is 22.5 Å². The van der Waals surface area contributed by atoms with E-state index in [2.05, 4.69) is 20.7 Å². The zero-order chi connectivity index (χ0) is 16.7. The number of fused-ring (bicyclic) bond motifs is 1. The Balaban J connectivity index is 1.95. The number of nitrogens with two attached hydrogens (primary N) is 2. The van der Waals surface area contributed by atoms with Crippen molar-refractivity contribution in [3.8, 4) is 16.9 Å². The molecular weight excluding hydrogens is 302 g/mol. The van der Waals surface area contributed by atoms with Crippen LogP contribution in [0.5, 0.6) is 5.75 Å². The van der Waals surface area contributed by atoms with E-state index in [-0.39, 0.29) is 0 Å². The Morgan fingerprint density at radius 2 is 1.96 bits per heavy atom. The molecule has 1 saturated carbocycles. The fourth-order valence-corrected chi connectivity index (χ4v) is 3.67. The summed E-state index contributed by atoms with van der Waals surface area (Å²) in [6, 6.07) is 6.26. The molecule has 6 heteroatoms. The molecule has 4 N–H and O–H groups in total. The summed E-state index contributed by atoms with van der Waals surface area (Å²) in [6.45, 7) is 0. The standard InChI is InChI=1S/C18H21N5O/c1-24-15-8-11(6-7-14(15)19)13-9-23(12-4-2-3-5-12)18-16(13)17(20)21-10-22-18/h6-10,12H,2-5,19H2,1H3,(H2,20,21,22). The highest BCUT2D eigenvalue weighted by molar-refractivity contribution is 6.01. The fourth-order valence-electron chi connectivity index (χ4n) is 3.67. The van der Waals surface area contributed by atoms with Gasteiger partial charge < -0.3 is 20.8 Å². The Kier molecular flexibility index (Phi) is 3.52. The highest BCUT2D eigenvalue weighted by atomic mass is 16.5. The first kappa shape index (κ1) is 14.8. The Morgan fingerprint density at radius 3 is 2.71 bits per heavy atom. The van der Waals surface area contributed by atoms with E-state index in [9.17, 15) is 0 Å². The van der Waals surface area contributed by atoms with E-state index in [1.807, 2.05) is 18.2 Å². The van der Waals surface area contributed by atoms with Crippen molar-refractivity contribution in [1.82, 2.24) is 14.5 Å². The van der Waals surface area contributed by atoms with Gasteiger partial charge in [-0.2, -0.15) is 0 Å². The van der Waals surface area contributed by atoms with Gasteiger partial charge in [-0.05, 0) is 30.5 Å². The Hall–Kier alpha value is -2.76. The maximum absolute atomic E-state index is 6.19. The number of ether oxygens (including phenoxy) is 1. The van der Waals surface area contributed by atoms with Gasteiger partial charge >= 0.3 is 0 Å². The second-order valence-electron chi connectivity index (χ2n) is 6.30. The van der Waals surface area contributed by atoms with E-state index < -0.39 is 0 Å². The Morgan fingerprint density at radius 1 is 1.17 bits per heavy atom. The van der Waals surface area contributed by atoms with Crippen LogP contribution < -0.4 is 16.2 Å². The largest absolute Gasteiger partial charge is 0.495 e. The normalized spacial score (nSPS) is 15.2. The van der Waals surface area contributed by atoms with E-state index in [4.69, 9.17) is 16.2 Å². The summed E-state index contributed by atoms with van der Waals surface area (Å²) in [5.74, 6) is 1.16. The van der Waals surface area contributed by atoms with Crippen molar-refractivity contribution in [2.45, 2.75) is 31.7 Å². The molecule has 1 aliphatic carbocycles. The van der Waals surface area contributed by atoms with Crippen LogP contribution in [0.25, 0.3) is 22.2 Å². The Bertz CT molecular complexity index is 896. The number of benzene rings is 1. The van der Waals surface area contributed by atoms with Crippen molar-refractivity contribution in [2.24, 2.45) is 0 Å². The fraction of sp³-hybridized carbons (Fsp3) is 0.333. The van der Waals surface area contributed by atoms with Gasteiger partial charge in [-0.3, -0.25) is 0 Å². The maximum Gasteiger partial charge on any atom is 0.146 e. The molecule has 0 atom stereocenters. The van der Waals surface area contributed by atoms with E-state index in [0.717, 1.165) is 22.2 Å². The second-order valence-corrected chi connectivity index (χ2v) is 6.30. The highest BCUT2D eigenvalue weighted by Crippen LogP contribution is 2.39. The molecule has 0 amide bonds. The average molecular weight is 323 g/mol. The number of hydrogen-bond acceptors (Lipinski definition) is 5. The number of methoxy groups -OCH3 is 1. The minimum Gasteiger partial charge on any atom is -0.495 e. The number of rotatable bonds is 3. The quantitative estimate of drug-likeness (QED) is 0.721. The van der Waals surface area contributed by atoms with Crippen molar-refractivity contribution in [1.29, 1.82) is 0 Å². The van der Waals surface area contributed by atoms with Crippen LogP contribution in [0.15, 0.2) is 30.7 Å². The first-order valence-corrected chi connectivity index (χ1v) is 8.24. The Labute approximate surface area is 140 Å². The van der Waals surface area contributed by atoms with Gasteiger partial charge in [-0.15, -0.1) is 0 Å². The molecule has 0 radical (unpaired) electrons. The zero-order valence-corrected chi connectivity index (χ0v) is 13.7. The van der Waals surface area contributed by atoms with Crippen LogP contribution >= 0.6 is 0 Å². The van der Waals surface area contributed by atoms with Gasteiger partial charge in [-0.1, -0.05) is 18.9 Å². The number of hydrogen-bond donors (Lipinski definition) is 2. The summed E-state index contributed by atoms with van der Waals surface area (Å²) < 4.78 is 7.62. The molecule has 24 heavy (non-hydrogen) atoms. The van der Waals surface area contributed by atoms with Gasteiger partial charge in [0.2, 0.25) is 0 Å². The van der Waals surface area contributed by atoms with Crippen LogP contribution in [0.4, 0.5) is 11.5 Å². The lowest BCUT2D eigenvalue weighted by Gasteiger charge is -2.12. The van der Waals surface area contributed by atoms with Crippen molar-refractivity contribution in [3.63, 3.8) is 0 Å². The lowest BCUT2D eigenvalue weighted by molar-refractivity contribution is 0.417. The van der Waals surface area contributed by atoms with Gasteiger partial charge in [0.15, 0.2) is 0 Å². The molecule has 1 aliphatic rings. The molecule has 4 rings (SSSR count). The summed E-state index contributed by atoms with van der Waals surface area (Å²) in [5.41, 5.74) is 15.7. The maximum atomic E-state index is 6.19. The van der Waals surface area contributed by atoms with Crippen LogP contribution in [0, 0.1) is 0 Å². The van der Waals surface area contributed by atoms with Crippen LogP contribution in [0.3, 0.4) is 0 Å². The topological polar surface area (TPSA) is 92.0 Å². The molecule has 1 aromatic carbocycles. The van der Waals surface area contributed by atoms with Gasteiger partial charge in [0, 0.05) is 17.8 Å². The van der Waals surface area contributed by atoms with Crippen molar-refractivity contribution < 1.29 is 4.74 Å². The van der Waals surface area contributed by atoms with E-state index in [1.54, 1.807) is 7.11 Å².